The highest BCUT2D eigenvalue weighted by Gasteiger charge is 2.28. The number of nitrogens with one attached hydrogen (secondary N) is 1. The number of benzene rings is 1. The number of carbonyl (C=O) groups is 4. The Hall–Kier alpha value is -3.62. The van der Waals surface area contributed by atoms with Crippen molar-refractivity contribution in [1.29, 1.82) is 0 Å². The zero-order valence-corrected chi connectivity index (χ0v) is 16.0. The van der Waals surface area contributed by atoms with Crippen LogP contribution in [-0.2, 0) is 43.2 Å². The third-order valence-corrected chi connectivity index (χ3v) is 4.20. The number of hydrogen-bond acceptors (Lipinski definition) is 7. The fraction of sp³-hybridized carbons (Fsp3) is 0.300. The number of ether oxygens (including phenoxy) is 3. The Labute approximate surface area is 166 Å². The second kappa shape index (κ2) is 10.1. The maximum absolute atomic E-state index is 12.6. The molecule has 0 aliphatic heterocycles. The van der Waals surface area contributed by atoms with Crippen molar-refractivity contribution in [3.8, 4) is 0 Å². The second-order valence-corrected chi connectivity index (χ2v) is 6.03. The van der Waals surface area contributed by atoms with Crippen molar-refractivity contribution in [2.75, 3.05) is 14.2 Å². The van der Waals surface area contributed by atoms with E-state index in [1.165, 1.54) is 14.2 Å². The van der Waals surface area contributed by atoms with Crippen LogP contribution in [0, 0.1) is 0 Å². The van der Waals surface area contributed by atoms with Gasteiger partial charge in [-0.1, -0.05) is 30.3 Å². The molecule has 0 aliphatic carbocycles. The summed E-state index contributed by atoms with van der Waals surface area (Å²) in [6.07, 6.45) is -0.504. The van der Waals surface area contributed by atoms with Crippen molar-refractivity contribution < 1.29 is 38.5 Å². The molecule has 0 spiro atoms. The molecule has 0 atom stereocenters. The van der Waals surface area contributed by atoms with Crippen molar-refractivity contribution in [1.82, 2.24) is 4.98 Å². The van der Waals surface area contributed by atoms with Crippen LogP contribution in [0.25, 0.3) is 0 Å². The van der Waals surface area contributed by atoms with Crippen LogP contribution in [-0.4, -0.2) is 48.2 Å². The molecule has 154 valence electrons. The van der Waals surface area contributed by atoms with Crippen LogP contribution in [0.5, 0.6) is 0 Å². The molecule has 0 saturated carbocycles. The van der Waals surface area contributed by atoms with Gasteiger partial charge < -0.3 is 24.3 Å². The number of esters is 3. The number of carbonyl (C=O) groups excluding carboxylic acids is 3. The molecular weight excluding hydrogens is 382 g/mol. The average molecular weight is 403 g/mol. The lowest BCUT2D eigenvalue weighted by Crippen LogP contribution is -2.12. The molecule has 0 bridgehead atoms. The molecule has 0 amide bonds. The van der Waals surface area contributed by atoms with Crippen LogP contribution < -0.4 is 0 Å². The number of methoxy groups -OCH3 is 2. The smallest absolute Gasteiger partial charge is 0.355 e. The summed E-state index contributed by atoms with van der Waals surface area (Å²) in [5.41, 5.74) is 0.566. The summed E-state index contributed by atoms with van der Waals surface area (Å²) < 4.78 is 14.5. The summed E-state index contributed by atoms with van der Waals surface area (Å²) in [6.45, 7) is -0.0239. The van der Waals surface area contributed by atoms with E-state index in [0.717, 1.165) is 5.56 Å². The van der Waals surface area contributed by atoms with Crippen LogP contribution in [0.2, 0.25) is 0 Å². The van der Waals surface area contributed by atoms with E-state index in [1.54, 1.807) is 24.3 Å². The minimum absolute atomic E-state index is 0.0153. The van der Waals surface area contributed by atoms with E-state index in [2.05, 4.69) is 14.5 Å². The van der Waals surface area contributed by atoms with Crippen LogP contribution in [0.3, 0.4) is 0 Å². The fourth-order valence-electron chi connectivity index (χ4n) is 2.75. The van der Waals surface area contributed by atoms with Crippen molar-refractivity contribution in [2.24, 2.45) is 0 Å². The Bertz CT molecular complexity index is 901. The van der Waals surface area contributed by atoms with Gasteiger partial charge in [-0.15, -0.1) is 0 Å². The largest absolute Gasteiger partial charge is 0.477 e. The minimum Gasteiger partial charge on any atom is -0.477 e. The molecule has 1 heterocycles. The molecule has 0 aliphatic rings. The minimum atomic E-state index is -1.36. The van der Waals surface area contributed by atoms with Gasteiger partial charge in [-0.2, -0.15) is 0 Å². The van der Waals surface area contributed by atoms with Crippen molar-refractivity contribution >= 4 is 23.9 Å². The zero-order valence-electron chi connectivity index (χ0n) is 16.0. The van der Waals surface area contributed by atoms with E-state index < -0.39 is 23.9 Å². The first-order valence-electron chi connectivity index (χ1n) is 8.69. The topological polar surface area (TPSA) is 132 Å². The average Bonchev–Trinajstić information content (AvgIpc) is 3.09. The first-order valence-corrected chi connectivity index (χ1v) is 8.69. The van der Waals surface area contributed by atoms with Gasteiger partial charge >= 0.3 is 23.9 Å². The maximum atomic E-state index is 12.6. The first-order chi connectivity index (χ1) is 13.9. The van der Waals surface area contributed by atoms with Gasteiger partial charge in [0.2, 0.25) is 0 Å². The summed E-state index contributed by atoms with van der Waals surface area (Å²) >= 11 is 0. The highest BCUT2D eigenvalue weighted by molar-refractivity contribution is 5.96. The third kappa shape index (κ3) is 5.68. The molecule has 0 saturated heterocycles. The number of aromatic carboxylic acids is 1. The molecule has 1 aromatic carbocycles. The van der Waals surface area contributed by atoms with E-state index in [9.17, 15) is 24.3 Å². The number of rotatable bonds is 9. The van der Waals surface area contributed by atoms with Gasteiger partial charge in [0.1, 0.15) is 18.0 Å². The zero-order chi connectivity index (χ0) is 21.4. The lowest BCUT2D eigenvalue weighted by molar-refractivity contribution is -0.141. The monoisotopic (exact) mass is 403 g/mol. The summed E-state index contributed by atoms with van der Waals surface area (Å²) in [5.74, 6) is -3.39. The highest BCUT2D eigenvalue weighted by Crippen LogP contribution is 2.24. The predicted octanol–water partition coefficient (Wildman–Crippen LogP) is 1.89. The third-order valence-electron chi connectivity index (χ3n) is 4.20. The standard InChI is InChI=1S/C20H21NO8/c1-27-15(22)9-8-13-14(10-16(23)28-2)17(19(24)25)21-18(13)20(26)29-11-12-6-4-3-5-7-12/h3-7,21H,8-11H2,1-2H3,(H,24,25). The summed E-state index contributed by atoms with van der Waals surface area (Å²) in [4.78, 5) is 50.1. The van der Waals surface area contributed by atoms with Crippen LogP contribution in [0.4, 0.5) is 0 Å². The van der Waals surface area contributed by atoms with Gasteiger partial charge in [0.15, 0.2) is 0 Å². The molecule has 0 unspecified atom stereocenters. The molecule has 29 heavy (non-hydrogen) atoms. The van der Waals surface area contributed by atoms with E-state index in [4.69, 9.17) is 4.74 Å². The molecular formula is C20H21NO8. The number of hydrogen-bond donors (Lipinski definition) is 2. The second-order valence-electron chi connectivity index (χ2n) is 6.03. The van der Waals surface area contributed by atoms with Gasteiger partial charge in [-0.25, -0.2) is 9.59 Å². The quantitative estimate of drug-likeness (QED) is 0.479. The lowest BCUT2D eigenvalue weighted by Gasteiger charge is -2.08. The molecule has 1 aromatic heterocycles. The highest BCUT2D eigenvalue weighted by atomic mass is 16.5. The Morgan fingerprint density at radius 1 is 0.931 bits per heavy atom. The predicted molar refractivity (Wildman–Crippen MR) is 99.4 cm³/mol. The van der Waals surface area contributed by atoms with E-state index in [-0.39, 0.29) is 48.4 Å². The molecule has 9 nitrogen and oxygen atoms in total. The van der Waals surface area contributed by atoms with Crippen molar-refractivity contribution in [2.45, 2.75) is 25.9 Å². The van der Waals surface area contributed by atoms with Crippen LogP contribution in [0.1, 0.15) is 44.1 Å². The molecule has 9 heteroatoms. The SMILES string of the molecule is COC(=O)CCc1c(C(=O)OCc2ccccc2)[nH]c(C(=O)O)c1CC(=O)OC. The Morgan fingerprint density at radius 2 is 1.59 bits per heavy atom. The summed E-state index contributed by atoms with van der Waals surface area (Å²) in [5, 5.41) is 9.48. The number of aromatic nitrogens is 1. The first kappa shape index (κ1) is 21.7. The summed E-state index contributed by atoms with van der Waals surface area (Å²) in [7, 11) is 2.38. The molecule has 0 fully saturated rings. The van der Waals surface area contributed by atoms with Gasteiger partial charge in [-0.05, 0) is 23.1 Å². The van der Waals surface area contributed by atoms with Crippen LogP contribution >= 0.6 is 0 Å². The Kier molecular flexibility index (Phi) is 7.53. The van der Waals surface area contributed by atoms with E-state index in [0.29, 0.717) is 0 Å². The maximum Gasteiger partial charge on any atom is 0.355 e. The Morgan fingerprint density at radius 3 is 2.17 bits per heavy atom. The van der Waals surface area contributed by atoms with Gasteiger partial charge in [0, 0.05) is 6.42 Å². The number of H-pyrrole nitrogens is 1. The fourth-order valence-corrected chi connectivity index (χ4v) is 2.75. The molecule has 0 radical (unpaired) electrons. The molecule has 2 N–H and O–H groups in total. The number of aromatic amines is 1. The van der Waals surface area contributed by atoms with Crippen molar-refractivity contribution in [3.05, 3.63) is 58.4 Å². The van der Waals surface area contributed by atoms with Gasteiger partial charge in [0.25, 0.3) is 0 Å². The van der Waals surface area contributed by atoms with Gasteiger partial charge in [-0.3, -0.25) is 9.59 Å². The number of carboxylic acids is 1. The van der Waals surface area contributed by atoms with E-state index in [1.807, 2.05) is 6.07 Å². The molecule has 2 rings (SSSR count). The lowest BCUT2D eigenvalue weighted by atomic mass is 10.0. The van der Waals surface area contributed by atoms with Crippen LogP contribution in [0.15, 0.2) is 30.3 Å². The number of carboxylic acid groups (broad SMARTS) is 1. The van der Waals surface area contributed by atoms with E-state index >= 15 is 0 Å². The normalized spacial score (nSPS) is 10.3. The summed E-state index contributed by atoms with van der Waals surface area (Å²) in [6, 6.07) is 8.93. The molecule has 2 aromatic rings. The van der Waals surface area contributed by atoms with Crippen molar-refractivity contribution in [3.63, 3.8) is 0 Å². The Balaban J connectivity index is 2.37. The van der Waals surface area contributed by atoms with Gasteiger partial charge in [0.05, 0.1) is 20.6 Å².